The van der Waals surface area contributed by atoms with Gasteiger partial charge in [-0.05, 0) is 54.2 Å². The molecule has 2 aliphatic heterocycles. The maximum Gasteiger partial charge on any atom is 0.231 e. The number of hydrogen-bond donors (Lipinski definition) is 0. The Morgan fingerprint density at radius 1 is 0.962 bits per heavy atom. The van der Waals surface area contributed by atoms with E-state index in [0.717, 1.165) is 37.7 Å². The van der Waals surface area contributed by atoms with Gasteiger partial charge in [0, 0.05) is 49.0 Å². The van der Waals surface area contributed by atoms with Crippen molar-refractivity contribution in [2.45, 2.75) is 18.8 Å². The Morgan fingerprint density at radius 3 is 2.69 bits per heavy atom. The SMILES string of the molecule is Brc1ccc2c(c1)C(CN1CCN(c3ccc4c(c3)OCO4)CC1)CC2. The third kappa shape index (κ3) is 3.08. The molecule has 0 saturated carbocycles. The predicted molar refractivity (Wildman–Crippen MR) is 106 cm³/mol. The van der Waals surface area contributed by atoms with Crippen LogP contribution in [-0.2, 0) is 6.42 Å². The van der Waals surface area contributed by atoms with Crippen LogP contribution in [0.2, 0.25) is 0 Å². The highest BCUT2D eigenvalue weighted by Crippen LogP contribution is 2.37. The van der Waals surface area contributed by atoms with Gasteiger partial charge in [0.05, 0.1) is 0 Å². The first-order chi connectivity index (χ1) is 12.8. The molecular formula is C21H23BrN2O2. The Balaban J connectivity index is 1.21. The van der Waals surface area contributed by atoms with Crippen LogP contribution in [0.1, 0.15) is 23.5 Å². The third-order valence-electron chi connectivity index (χ3n) is 5.88. The quantitative estimate of drug-likeness (QED) is 0.756. The molecule has 5 heteroatoms. The number of rotatable bonds is 3. The molecule has 0 spiro atoms. The topological polar surface area (TPSA) is 24.9 Å². The molecule has 5 rings (SSSR count). The molecule has 26 heavy (non-hydrogen) atoms. The van der Waals surface area contributed by atoms with Crippen LogP contribution in [0.3, 0.4) is 0 Å². The summed E-state index contributed by atoms with van der Waals surface area (Å²) in [6.07, 6.45) is 2.51. The predicted octanol–water partition coefficient (Wildman–Crippen LogP) is 4.03. The number of nitrogens with zero attached hydrogens (tertiary/aromatic N) is 2. The van der Waals surface area contributed by atoms with Gasteiger partial charge >= 0.3 is 0 Å². The van der Waals surface area contributed by atoms with E-state index >= 15 is 0 Å². The fraction of sp³-hybridized carbons (Fsp3) is 0.429. The van der Waals surface area contributed by atoms with E-state index in [9.17, 15) is 0 Å². The molecule has 0 N–H and O–H groups in total. The molecular weight excluding hydrogens is 392 g/mol. The van der Waals surface area contributed by atoms with Crippen LogP contribution >= 0.6 is 15.9 Å². The first-order valence-corrected chi connectivity index (χ1v) is 10.2. The molecule has 136 valence electrons. The lowest BCUT2D eigenvalue weighted by Gasteiger charge is -2.37. The smallest absolute Gasteiger partial charge is 0.231 e. The van der Waals surface area contributed by atoms with Gasteiger partial charge in [-0.25, -0.2) is 0 Å². The Morgan fingerprint density at radius 2 is 1.81 bits per heavy atom. The molecule has 1 fully saturated rings. The van der Waals surface area contributed by atoms with Crippen LogP contribution in [0, 0.1) is 0 Å². The molecule has 4 nitrogen and oxygen atoms in total. The van der Waals surface area contributed by atoms with Crippen LogP contribution in [-0.4, -0.2) is 44.4 Å². The summed E-state index contributed by atoms with van der Waals surface area (Å²) in [6.45, 7) is 5.89. The summed E-state index contributed by atoms with van der Waals surface area (Å²) in [6, 6.07) is 13.1. The van der Waals surface area contributed by atoms with Crippen molar-refractivity contribution in [1.82, 2.24) is 4.90 Å². The fourth-order valence-corrected chi connectivity index (χ4v) is 4.81. The van der Waals surface area contributed by atoms with Crippen molar-refractivity contribution >= 4 is 21.6 Å². The summed E-state index contributed by atoms with van der Waals surface area (Å²) in [5.41, 5.74) is 4.33. The van der Waals surface area contributed by atoms with Gasteiger partial charge in [0.15, 0.2) is 11.5 Å². The van der Waals surface area contributed by atoms with E-state index in [1.807, 2.05) is 6.07 Å². The van der Waals surface area contributed by atoms with Crippen molar-refractivity contribution in [3.8, 4) is 11.5 Å². The number of benzene rings is 2. The van der Waals surface area contributed by atoms with E-state index < -0.39 is 0 Å². The number of fused-ring (bicyclic) bond motifs is 2. The highest BCUT2D eigenvalue weighted by molar-refractivity contribution is 9.10. The van der Waals surface area contributed by atoms with E-state index in [4.69, 9.17) is 9.47 Å². The number of piperazine rings is 1. The van der Waals surface area contributed by atoms with Gasteiger partial charge in [-0.3, -0.25) is 4.90 Å². The summed E-state index contributed by atoms with van der Waals surface area (Å²) in [4.78, 5) is 5.09. The summed E-state index contributed by atoms with van der Waals surface area (Å²) in [7, 11) is 0. The largest absolute Gasteiger partial charge is 0.454 e. The van der Waals surface area contributed by atoms with Crippen molar-refractivity contribution in [2.75, 3.05) is 44.4 Å². The lowest BCUT2D eigenvalue weighted by atomic mass is 10.0. The van der Waals surface area contributed by atoms with Crippen LogP contribution < -0.4 is 14.4 Å². The molecule has 0 amide bonds. The second kappa shape index (κ2) is 6.78. The van der Waals surface area contributed by atoms with Gasteiger partial charge in [-0.2, -0.15) is 0 Å². The number of halogens is 1. The van der Waals surface area contributed by atoms with Crippen molar-refractivity contribution in [1.29, 1.82) is 0 Å². The zero-order valence-corrected chi connectivity index (χ0v) is 16.4. The monoisotopic (exact) mass is 414 g/mol. The molecule has 1 saturated heterocycles. The summed E-state index contributed by atoms with van der Waals surface area (Å²) >= 11 is 3.63. The van der Waals surface area contributed by atoms with Gasteiger partial charge < -0.3 is 14.4 Å². The van der Waals surface area contributed by atoms with Crippen molar-refractivity contribution in [2.24, 2.45) is 0 Å². The van der Waals surface area contributed by atoms with Gasteiger partial charge in [0.25, 0.3) is 0 Å². The molecule has 0 bridgehead atoms. The van der Waals surface area contributed by atoms with E-state index in [1.165, 1.54) is 35.1 Å². The highest BCUT2D eigenvalue weighted by atomic mass is 79.9. The first-order valence-electron chi connectivity index (χ1n) is 9.41. The Kier molecular flexibility index (Phi) is 4.29. The molecule has 3 aliphatic rings. The first kappa shape index (κ1) is 16.5. The van der Waals surface area contributed by atoms with E-state index in [0.29, 0.717) is 12.7 Å². The fourth-order valence-electron chi connectivity index (χ4n) is 4.43. The summed E-state index contributed by atoms with van der Waals surface area (Å²) < 4.78 is 12.1. The number of ether oxygens (including phenoxy) is 2. The summed E-state index contributed by atoms with van der Waals surface area (Å²) in [5, 5.41) is 0. The van der Waals surface area contributed by atoms with Crippen LogP contribution in [0.4, 0.5) is 5.69 Å². The normalized spacial score (nSPS) is 21.9. The van der Waals surface area contributed by atoms with Gasteiger partial charge in [0.2, 0.25) is 6.79 Å². The van der Waals surface area contributed by atoms with Crippen LogP contribution in [0.25, 0.3) is 0 Å². The van der Waals surface area contributed by atoms with Gasteiger partial charge in [-0.1, -0.05) is 22.0 Å². The minimum Gasteiger partial charge on any atom is -0.454 e. The average molecular weight is 415 g/mol. The van der Waals surface area contributed by atoms with Crippen molar-refractivity contribution < 1.29 is 9.47 Å². The second-order valence-electron chi connectivity index (χ2n) is 7.40. The minimum atomic E-state index is 0.339. The molecule has 1 atom stereocenters. The Bertz CT molecular complexity index is 818. The minimum absolute atomic E-state index is 0.339. The molecule has 2 heterocycles. The molecule has 0 aromatic heterocycles. The average Bonchev–Trinajstić information content (AvgIpc) is 3.29. The van der Waals surface area contributed by atoms with E-state index in [1.54, 1.807) is 5.56 Å². The molecule has 2 aromatic rings. The number of aryl methyl sites for hydroxylation is 1. The van der Waals surface area contributed by atoms with Gasteiger partial charge in [0.1, 0.15) is 0 Å². The standard InChI is InChI=1S/C21H23BrN2O2/c22-17-4-3-15-1-2-16(19(15)11-17)13-23-7-9-24(10-8-23)18-5-6-20-21(12-18)26-14-25-20/h3-6,11-12,16H,1-2,7-10,13-14H2. The number of anilines is 1. The Labute approximate surface area is 162 Å². The zero-order valence-electron chi connectivity index (χ0n) is 14.8. The molecule has 2 aromatic carbocycles. The van der Waals surface area contributed by atoms with Crippen LogP contribution in [0.15, 0.2) is 40.9 Å². The summed E-state index contributed by atoms with van der Waals surface area (Å²) in [5.74, 6) is 2.41. The van der Waals surface area contributed by atoms with Crippen molar-refractivity contribution in [3.05, 3.63) is 52.0 Å². The van der Waals surface area contributed by atoms with E-state index in [2.05, 4.69) is 56.1 Å². The molecule has 1 unspecified atom stereocenters. The number of hydrogen-bond acceptors (Lipinski definition) is 4. The maximum absolute atomic E-state index is 5.52. The maximum atomic E-state index is 5.52. The molecule has 1 aliphatic carbocycles. The molecule has 0 radical (unpaired) electrons. The van der Waals surface area contributed by atoms with Crippen LogP contribution in [0.5, 0.6) is 11.5 Å². The lowest BCUT2D eigenvalue weighted by molar-refractivity contribution is 0.174. The zero-order chi connectivity index (χ0) is 17.5. The second-order valence-corrected chi connectivity index (χ2v) is 8.32. The van der Waals surface area contributed by atoms with Gasteiger partial charge in [-0.15, -0.1) is 0 Å². The third-order valence-corrected chi connectivity index (χ3v) is 6.38. The lowest BCUT2D eigenvalue weighted by Crippen LogP contribution is -2.47. The Hall–Kier alpha value is -1.72. The highest BCUT2D eigenvalue weighted by Gasteiger charge is 2.27. The van der Waals surface area contributed by atoms with Crippen molar-refractivity contribution in [3.63, 3.8) is 0 Å². The van der Waals surface area contributed by atoms with E-state index in [-0.39, 0.29) is 0 Å².